The molecule has 0 N–H and O–H groups in total. The van der Waals surface area contributed by atoms with Gasteiger partial charge in [-0.25, -0.2) is 0 Å². The van der Waals surface area contributed by atoms with E-state index in [1.54, 1.807) is 0 Å². The zero-order valence-corrected chi connectivity index (χ0v) is 9.71. The Labute approximate surface area is 87.0 Å². The maximum Gasteiger partial charge on any atom is 0.249 e. The van der Waals surface area contributed by atoms with Gasteiger partial charge in [0, 0.05) is 18.2 Å². The molecule has 0 saturated carbocycles. The number of carbonyl (C=O) groups is 1. The highest BCUT2D eigenvalue weighted by Crippen LogP contribution is 2.26. The highest BCUT2D eigenvalue weighted by molar-refractivity contribution is 5.95. The van der Waals surface area contributed by atoms with Crippen LogP contribution in [0.1, 0.15) is 34.1 Å². The molecule has 1 saturated heterocycles. The van der Waals surface area contributed by atoms with E-state index in [2.05, 4.69) is 34.3 Å². The summed E-state index contributed by atoms with van der Waals surface area (Å²) in [6.07, 6.45) is 0.842. The van der Waals surface area contributed by atoms with Crippen molar-refractivity contribution in [2.75, 3.05) is 6.54 Å². The fourth-order valence-electron chi connectivity index (χ4n) is 2.44. The van der Waals surface area contributed by atoms with Crippen molar-refractivity contribution in [3.63, 3.8) is 0 Å². The van der Waals surface area contributed by atoms with Crippen LogP contribution in [0.5, 0.6) is 0 Å². The molecule has 1 fully saturated rings. The summed E-state index contributed by atoms with van der Waals surface area (Å²) in [6, 6.07) is 0.363. The van der Waals surface area contributed by atoms with Gasteiger partial charge >= 0.3 is 0 Å². The topological polar surface area (TPSA) is 20.3 Å². The average molecular weight is 195 g/mol. The van der Waals surface area contributed by atoms with Crippen molar-refractivity contribution in [2.45, 2.75) is 40.2 Å². The lowest BCUT2D eigenvalue weighted by molar-refractivity contribution is -0.128. The Morgan fingerprint density at radius 3 is 2.00 bits per heavy atom. The molecular formula is C12H21NO. The van der Waals surface area contributed by atoms with Crippen molar-refractivity contribution in [3.05, 3.63) is 12.2 Å². The second-order valence-corrected chi connectivity index (χ2v) is 4.83. The molecule has 0 aliphatic carbocycles. The Morgan fingerprint density at radius 1 is 1.21 bits per heavy atom. The lowest BCUT2D eigenvalue weighted by atomic mass is 9.92. The Balaban J connectivity index is 2.80. The highest BCUT2D eigenvalue weighted by atomic mass is 16.2. The fourth-order valence-corrected chi connectivity index (χ4v) is 2.44. The van der Waals surface area contributed by atoms with Gasteiger partial charge in [-0.3, -0.25) is 4.79 Å². The van der Waals surface area contributed by atoms with E-state index in [1.807, 2.05) is 4.90 Å². The van der Waals surface area contributed by atoms with Gasteiger partial charge in [0.2, 0.25) is 5.91 Å². The quantitative estimate of drug-likeness (QED) is 0.633. The predicted molar refractivity (Wildman–Crippen MR) is 58.9 cm³/mol. The maximum absolute atomic E-state index is 11.8. The minimum absolute atomic E-state index is 0.164. The average Bonchev–Trinajstić information content (AvgIpc) is 2.35. The Bertz CT molecular complexity index is 235. The SMILES string of the molecule is C=C1CCN(C(C(C)C)C(C)C)C1=O. The van der Waals surface area contributed by atoms with Crippen LogP contribution in [0.25, 0.3) is 0 Å². The second-order valence-electron chi connectivity index (χ2n) is 4.83. The van der Waals surface area contributed by atoms with Crippen LogP contribution in [0.3, 0.4) is 0 Å². The van der Waals surface area contributed by atoms with Crippen LogP contribution in [0, 0.1) is 11.8 Å². The predicted octanol–water partition coefficient (Wildman–Crippen LogP) is 2.46. The van der Waals surface area contributed by atoms with E-state index in [0.717, 1.165) is 18.5 Å². The molecule has 0 aromatic carbocycles. The van der Waals surface area contributed by atoms with E-state index >= 15 is 0 Å². The number of likely N-dealkylation sites (tertiary alicyclic amines) is 1. The molecular weight excluding hydrogens is 174 g/mol. The zero-order chi connectivity index (χ0) is 10.9. The fraction of sp³-hybridized carbons (Fsp3) is 0.750. The maximum atomic E-state index is 11.8. The van der Waals surface area contributed by atoms with Crippen LogP contribution in [0.2, 0.25) is 0 Å². The van der Waals surface area contributed by atoms with Crippen LogP contribution >= 0.6 is 0 Å². The van der Waals surface area contributed by atoms with E-state index in [9.17, 15) is 4.79 Å². The van der Waals surface area contributed by atoms with Crippen molar-refractivity contribution in [3.8, 4) is 0 Å². The van der Waals surface area contributed by atoms with Gasteiger partial charge in [-0.2, -0.15) is 0 Å². The molecule has 1 heterocycles. The third-order valence-corrected chi connectivity index (χ3v) is 2.94. The van der Waals surface area contributed by atoms with Crippen molar-refractivity contribution in [2.24, 2.45) is 11.8 Å². The first-order valence-corrected chi connectivity index (χ1v) is 5.44. The van der Waals surface area contributed by atoms with Crippen LogP contribution in [-0.2, 0) is 4.79 Å². The van der Waals surface area contributed by atoms with Crippen LogP contribution < -0.4 is 0 Å². The van der Waals surface area contributed by atoms with Gasteiger partial charge in [0.05, 0.1) is 0 Å². The molecule has 0 bridgehead atoms. The lowest BCUT2D eigenvalue weighted by Crippen LogP contribution is -2.43. The monoisotopic (exact) mass is 195 g/mol. The molecule has 0 atom stereocenters. The largest absolute Gasteiger partial charge is 0.335 e. The summed E-state index contributed by atoms with van der Waals surface area (Å²) >= 11 is 0. The first kappa shape index (κ1) is 11.3. The molecule has 0 spiro atoms. The Kier molecular flexibility index (Phi) is 3.35. The molecule has 0 radical (unpaired) electrons. The summed E-state index contributed by atoms with van der Waals surface area (Å²) in [5, 5.41) is 0. The van der Waals surface area contributed by atoms with E-state index in [0.29, 0.717) is 17.9 Å². The zero-order valence-electron chi connectivity index (χ0n) is 9.71. The van der Waals surface area contributed by atoms with Crippen molar-refractivity contribution >= 4 is 5.91 Å². The van der Waals surface area contributed by atoms with Crippen molar-refractivity contribution in [1.29, 1.82) is 0 Å². The number of rotatable bonds is 3. The van der Waals surface area contributed by atoms with Gasteiger partial charge in [0.25, 0.3) is 0 Å². The third kappa shape index (κ3) is 1.99. The number of amides is 1. The molecule has 1 rings (SSSR count). The lowest BCUT2D eigenvalue weighted by Gasteiger charge is -2.34. The minimum atomic E-state index is 0.164. The first-order valence-electron chi connectivity index (χ1n) is 5.44. The number of nitrogens with zero attached hydrogens (tertiary/aromatic N) is 1. The normalized spacial score (nSPS) is 18.1. The molecule has 1 aliphatic rings. The molecule has 0 unspecified atom stereocenters. The van der Waals surface area contributed by atoms with Gasteiger partial charge in [-0.05, 0) is 18.3 Å². The molecule has 0 aromatic heterocycles. The summed E-state index contributed by atoms with van der Waals surface area (Å²) in [7, 11) is 0. The van der Waals surface area contributed by atoms with Gasteiger partial charge in [-0.15, -0.1) is 0 Å². The molecule has 2 heteroatoms. The van der Waals surface area contributed by atoms with Crippen LogP contribution in [0.4, 0.5) is 0 Å². The molecule has 2 nitrogen and oxygen atoms in total. The third-order valence-electron chi connectivity index (χ3n) is 2.94. The van der Waals surface area contributed by atoms with Crippen LogP contribution in [0.15, 0.2) is 12.2 Å². The Hall–Kier alpha value is -0.790. The summed E-state index contributed by atoms with van der Waals surface area (Å²) < 4.78 is 0. The molecule has 1 amide bonds. The van der Waals surface area contributed by atoms with Crippen LogP contribution in [-0.4, -0.2) is 23.4 Å². The molecule has 14 heavy (non-hydrogen) atoms. The minimum Gasteiger partial charge on any atom is -0.335 e. The first-order chi connectivity index (χ1) is 6.45. The molecule has 80 valence electrons. The van der Waals surface area contributed by atoms with Gasteiger partial charge in [0.15, 0.2) is 0 Å². The standard InChI is InChI=1S/C12H21NO/c1-8(2)11(9(3)4)13-7-6-10(5)12(13)14/h8-9,11H,5-7H2,1-4H3. The van der Waals surface area contributed by atoms with E-state index in [1.165, 1.54) is 0 Å². The Morgan fingerprint density at radius 2 is 1.71 bits per heavy atom. The molecule has 0 aromatic rings. The van der Waals surface area contributed by atoms with E-state index in [-0.39, 0.29) is 5.91 Å². The number of carbonyl (C=O) groups excluding carboxylic acids is 1. The highest BCUT2D eigenvalue weighted by Gasteiger charge is 2.33. The van der Waals surface area contributed by atoms with Gasteiger partial charge < -0.3 is 4.90 Å². The van der Waals surface area contributed by atoms with Gasteiger partial charge in [0.1, 0.15) is 0 Å². The van der Waals surface area contributed by atoms with E-state index in [4.69, 9.17) is 0 Å². The summed E-state index contributed by atoms with van der Waals surface area (Å²) in [4.78, 5) is 13.8. The second kappa shape index (κ2) is 4.16. The number of hydrogen-bond donors (Lipinski definition) is 0. The van der Waals surface area contributed by atoms with Gasteiger partial charge in [-0.1, -0.05) is 34.3 Å². The summed E-state index contributed by atoms with van der Waals surface area (Å²) in [5.41, 5.74) is 0.774. The van der Waals surface area contributed by atoms with E-state index < -0.39 is 0 Å². The summed E-state index contributed by atoms with van der Waals surface area (Å²) in [6.45, 7) is 13.4. The summed E-state index contributed by atoms with van der Waals surface area (Å²) in [5.74, 6) is 1.20. The molecule has 1 aliphatic heterocycles. The smallest absolute Gasteiger partial charge is 0.249 e. The van der Waals surface area contributed by atoms with Crippen molar-refractivity contribution < 1.29 is 4.79 Å². The van der Waals surface area contributed by atoms with Crippen molar-refractivity contribution in [1.82, 2.24) is 4.90 Å². The number of hydrogen-bond acceptors (Lipinski definition) is 1.